The van der Waals surface area contributed by atoms with Gasteiger partial charge in [-0.15, -0.1) is 0 Å². The lowest BCUT2D eigenvalue weighted by atomic mass is 9.71. The van der Waals surface area contributed by atoms with Crippen LogP contribution in [0.15, 0.2) is 36.4 Å². The number of ether oxygens (including phenoxy) is 5. The molecule has 0 amide bonds. The number of hydrogen-bond donors (Lipinski definition) is 5. The summed E-state index contributed by atoms with van der Waals surface area (Å²) in [6.45, 7) is 6.95. The predicted molar refractivity (Wildman–Crippen MR) is 199 cm³/mol. The molecule has 2 aliphatic carbocycles. The van der Waals surface area contributed by atoms with Crippen molar-refractivity contribution in [2.75, 3.05) is 33.3 Å². The van der Waals surface area contributed by atoms with Crippen molar-refractivity contribution >= 4 is 5.69 Å². The Labute approximate surface area is 306 Å². The fourth-order valence-corrected chi connectivity index (χ4v) is 9.58. The van der Waals surface area contributed by atoms with Crippen molar-refractivity contribution < 1.29 is 39.0 Å². The van der Waals surface area contributed by atoms with Gasteiger partial charge < -0.3 is 44.3 Å². The van der Waals surface area contributed by atoms with Crippen LogP contribution in [0.2, 0.25) is 0 Å². The summed E-state index contributed by atoms with van der Waals surface area (Å²) in [5, 5.41) is 41.9. The first kappa shape index (κ1) is 34.9. The Balaban J connectivity index is 1.24. The maximum absolute atomic E-state index is 12.2. The molecule has 3 aromatic rings. The van der Waals surface area contributed by atoms with Crippen LogP contribution in [0.25, 0.3) is 11.1 Å². The summed E-state index contributed by atoms with van der Waals surface area (Å²) < 4.78 is 30.6. The number of phenols is 1. The zero-order valence-corrected chi connectivity index (χ0v) is 31.0. The second-order valence-corrected chi connectivity index (χ2v) is 15.8. The smallest absolute Gasteiger partial charge is 0.200 e. The molecule has 3 aromatic carbocycles. The summed E-state index contributed by atoms with van der Waals surface area (Å²) in [6, 6.07) is 7.47. The van der Waals surface area contributed by atoms with Crippen LogP contribution in [0.4, 0.5) is 5.69 Å². The molecule has 0 aromatic heterocycles. The van der Waals surface area contributed by atoms with Crippen LogP contribution in [0, 0.1) is 17.8 Å². The van der Waals surface area contributed by atoms with E-state index in [4.69, 9.17) is 23.7 Å². The highest BCUT2D eigenvalue weighted by atomic mass is 16.5. The number of aliphatic hydroxyl groups excluding tert-OH is 2. The summed E-state index contributed by atoms with van der Waals surface area (Å²) in [5.41, 5.74) is 6.12. The van der Waals surface area contributed by atoms with Crippen LogP contribution in [0.5, 0.6) is 34.5 Å². The number of aliphatic hydroxyl groups is 2. The molecule has 1 saturated carbocycles. The molecule has 0 radical (unpaired) electrons. The minimum Gasteiger partial charge on any atom is -0.502 e. The predicted octanol–water partition coefficient (Wildman–Crippen LogP) is 7.29. The van der Waals surface area contributed by atoms with Crippen LogP contribution in [-0.2, 0) is 12.8 Å². The molecule has 52 heavy (non-hydrogen) atoms. The monoisotopic (exact) mass is 712 g/mol. The molecule has 0 unspecified atom stereocenters. The number of benzene rings is 3. The average molecular weight is 713 g/mol. The van der Waals surface area contributed by atoms with Gasteiger partial charge in [-0.05, 0) is 67.7 Å². The second kappa shape index (κ2) is 13.4. The van der Waals surface area contributed by atoms with Gasteiger partial charge in [0.15, 0.2) is 23.5 Å². The van der Waals surface area contributed by atoms with Gasteiger partial charge in [0, 0.05) is 64.4 Å². The molecule has 0 saturated heterocycles. The summed E-state index contributed by atoms with van der Waals surface area (Å²) in [5.74, 6) is 3.28. The fraction of sp³-hybridized carbons (Fsp3) is 0.524. The Morgan fingerprint density at radius 2 is 1.62 bits per heavy atom. The zero-order chi connectivity index (χ0) is 36.5. The largest absolute Gasteiger partial charge is 0.502 e. The molecule has 7 atom stereocenters. The van der Waals surface area contributed by atoms with Gasteiger partial charge in [-0.2, -0.15) is 0 Å². The summed E-state index contributed by atoms with van der Waals surface area (Å²) in [7, 11) is 4.67. The van der Waals surface area contributed by atoms with E-state index >= 15 is 0 Å². The summed E-state index contributed by atoms with van der Waals surface area (Å²) in [4.78, 5) is 0. The first-order valence-electron chi connectivity index (χ1n) is 18.8. The normalized spacial score (nSPS) is 28.2. The van der Waals surface area contributed by atoms with Crippen molar-refractivity contribution in [3.63, 3.8) is 0 Å². The number of aromatic hydroxyl groups is 1. The van der Waals surface area contributed by atoms with Gasteiger partial charge in [0.1, 0.15) is 17.2 Å². The first-order chi connectivity index (χ1) is 25.0. The summed E-state index contributed by atoms with van der Waals surface area (Å²) in [6.07, 6.45) is 9.37. The lowest BCUT2D eigenvalue weighted by Gasteiger charge is -2.50. The van der Waals surface area contributed by atoms with E-state index < -0.39 is 24.0 Å². The van der Waals surface area contributed by atoms with E-state index in [1.165, 1.54) is 27.1 Å². The third kappa shape index (κ3) is 5.65. The van der Waals surface area contributed by atoms with Gasteiger partial charge in [0.2, 0.25) is 5.75 Å². The topological polar surface area (TPSA) is 131 Å². The van der Waals surface area contributed by atoms with Crippen LogP contribution >= 0.6 is 0 Å². The molecule has 8 rings (SSSR count). The van der Waals surface area contributed by atoms with Gasteiger partial charge in [0.05, 0.1) is 39.6 Å². The molecule has 278 valence electrons. The fourth-order valence-electron chi connectivity index (χ4n) is 9.58. The molecule has 3 aliphatic heterocycles. The number of rotatable bonds is 9. The van der Waals surface area contributed by atoms with Gasteiger partial charge in [-0.25, -0.2) is 0 Å². The van der Waals surface area contributed by atoms with E-state index in [0.29, 0.717) is 41.7 Å². The molecule has 5 N–H and O–H groups in total. The molecule has 0 spiro atoms. The lowest BCUT2D eigenvalue weighted by molar-refractivity contribution is -0.0656. The maximum atomic E-state index is 12.2. The van der Waals surface area contributed by atoms with Gasteiger partial charge in [-0.3, -0.25) is 5.32 Å². The Morgan fingerprint density at radius 3 is 2.33 bits per heavy atom. The van der Waals surface area contributed by atoms with E-state index in [1.807, 2.05) is 12.1 Å². The van der Waals surface area contributed by atoms with Crippen molar-refractivity contribution in [3.05, 3.63) is 64.2 Å². The minimum absolute atomic E-state index is 0.0932. The number of anilines is 1. The molecule has 10 heteroatoms. The third-order valence-electron chi connectivity index (χ3n) is 12.1. The van der Waals surface area contributed by atoms with Crippen LogP contribution in [0.1, 0.15) is 98.9 Å². The highest BCUT2D eigenvalue weighted by Crippen LogP contribution is 2.58. The molecular formula is C42H52N2O8. The van der Waals surface area contributed by atoms with E-state index in [2.05, 4.69) is 43.6 Å². The number of hydrogen-bond acceptors (Lipinski definition) is 10. The SMILES string of the molecule is COc1cc([C@@H]2COc3cc4c5c(c3[C@H]2O)CCc2c(OC)cc(O[C@@]36C[C@@H](CCC(C)C)CC[C@@H]3C=C[C@H](C)N6)c(c2-5)[C@@H](O)N4)cc(OC)c1O. The molecule has 3 heterocycles. The van der Waals surface area contributed by atoms with Crippen LogP contribution in [0.3, 0.4) is 0 Å². The van der Waals surface area contributed by atoms with E-state index in [1.54, 1.807) is 19.2 Å². The number of phenolic OH excluding ortho intramolecular Hbond substituents is 1. The van der Waals surface area contributed by atoms with Crippen molar-refractivity contribution in [1.82, 2.24) is 5.32 Å². The summed E-state index contributed by atoms with van der Waals surface area (Å²) >= 11 is 0. The Bertz CT molecular complexity index is 1880. The van der Waals surface area contributed by atoms with Crippen molar-refractivity contribution in [2.45, 2.75) is 95.7 Å². The molecule has 5 aliphatic rings. The Hall–Kier alpha value is -4.12. The van der Waals surface area contributed by atoms with E-state index in [0.717, 1.165) is 64.1 Å². The number of nitrogens with one attached hydrogen (secondary N) is 2. The molecule has 0 bridgehead atoms. The second-order valence-electron chi connectivity index (χ2n) is 15.8. The Morgan fingerprint density at radius 1 is 0.885 bits per heavy atom. The molecule has 1 fully saturated rings. The van der Waals surface area contributed by atoms with Crippen molar-refractivity contribution in [2.24, 2.45) is 17.8 Å². The standard InChI is InChI=1S/C42H52N2O8/c1-21(2)7-9-23-10-12-25-11-8-22(3)44-42(25,19-23)52-32-18-30(48-4)26-13-14-27-35-29(43-41(47)38(32)37(26)35)17-31-36(27)39(45)28(20-51-31)24-15-33(49-5)40(46)34(16-24)50-6/h8,11,15-18,21-23,25,28,39,41,43-47H,7,9-10,12-14,19-20H2,1-6H3/t22-,23-,25-,28-,39-,41+,42-/m0/s1. The lowest BCUT2D eigenvalue weighted by Crippen LogP contribution is -2.62. The van der Waals surface area contributed by atoms with E-state index in [9.17, 15) is 15.3 Å². The molecular weight excluding hydrogens is 660 g/mol. The number of fused-ring (bicyclic) bond motifs is 3. The number of methoxy groups -OCH3 is 3. The molecule has 10 nitrogen and oxygen atoms in total. The van der Waals surface area contributed by atoms with E-state index in [-0.39, 0.29) is 35.8 Å². The van der Waals surface area contributed by atoms with Crippen molar-refractivity contribution in [3.8, 4) is 45.6 Å². The quantitative estimate of drug-likeness (QED) is 0.144. The van der Waals surface area contributed by atoms with Crippen LogP contribution < -0.4 is 34.3 Å². The minimum atomic E-state index is -1.03. The highest BCUT2D eigenvalue weighted by molar-refractivity contribution is 5.93. The first-order valence-corrected chi connectivity index (χ1v) is 18.8. The maximum Gasteiger partial charge on any atom is 0.200 e. The zero-order valence-electron chi connectivity index (χ0n) is 31.0. The van der Waals surface area contributed by atoms with Gasteiger partial charge in [0.25, 0.3) is 0 Å². The highest BCUT2D eigenvalue weighted by Gasteiger charge is 2.49. The van der Waals surface area contributed by atoms with Gasteiger partial charge >= 0.3 is 0 Å². The Kier molecular flexibility index (Phi) is 8.99. The third-order valence-corrected chi connectivity index (χ3v) is 12.1. The van der Waals surface area contributed by atoms with Gasteiger partial charge in [-0.1, -0.05) is 38.8 Å². The van der Waals surface area contributed by atoms with Crippen LogP contribution in [-0.4, -0.2) is 55.0 Å². The van der Waals surface area contributed by atoms with Crippen molar-refractivity contribution in [1.29, 1.82) is 0 Å². The average Bonchev–Trinajstić information content (AvgIpc) is 3.13.